The van der Waals surface area contributed by atoms with Crippen LogP contribution in [0.3, 0.4) is 0 Å². The maximum absolute atomic E-state index is 10.8. The van der Waals surface area contributed by atoms with Crippen molar-refractivity contribution in [1.29, 1.82) is 0 Å². The summed E-state index contributed by atoms with van der Waals surface area (Å²) in [5.74, 6) is 1.58. The average molecular weight is 293 g/mol. The number of nitrogen functional groups attached to an aromatic ring is 1. The summed E-state index contributed by atoms with van der Waals surface area (Å²) in [6, 6.07) is 1.63. The number of hydrogen-bond acceptors (Lipinski definition) is 5. The van der Waals surface area contributed by atoms with Crippen molar-refractivity contribution in [3.05, 3.63) is 10.7 Å². The lowest BCUT2D eigenvalue weighted by atomic mass is 10.5. The van der Waals surface area contributed by atoms with E-state index in [9.17, 15) is 4.21 Å². The van der Waals surface area contributed by atoms with Crippen molar-refractivity contribution in [2.24, 2.45) is 0 Å². The Morgan fingerprint density at radius 1 is 1.60 bits per heavy atom. The van der Waals surface area contributed by atoms with Crippen LogP contribution in [0.4, 0.5) is 11.8 Å². The number of rotatable bonds is 5. The molecule has 0 radical (unpaired) electrons. The third-order valence-electron chi connectivity index (χ3n) is 1.61. The van der Waals surface area contributed by atoms with E-state index in [4.69, 9.17) is 5.73 Å². The van der Waals surface area contributed by atoms with Crippen LogP contribution < -0.4 is 11.1 Å². The van der Waals surface area contributed by atoms with Gasteiger partial charge in [0.05, 0.1) is 0 Å². The standard InChI is InChI=1S/C8H13BrN4OS/c1-15(14)4-2-3-11-8-12-6(9)5-7(10)13-8/h5H,2-4H2,1H3,(H3,10,11,12,13). The van der Waals surface area contributed by atoms with Crippen LogP contribution in [-0.2, 0) is 10.8 Å². The van der Waals surface area contributed by atoms with Crippen LogP contribution >= 0.6 is 15.9 Å². The number of anilines is 2. The second-order valence-electron chi connectivity index (χ2n) is 3.00. The fraction of sp³-hybridized carbons (Fsp3) is 0.500. The quantitative estimate of drug-likeness (QED) is 0.625. The van der Waals surface area contributed by atoms with Gasteiger partial charge in [0.1, 0.15) is 10.4 Å². The van der Waals surface area contributed by atoms with Gasteiger partial charge in [-0.1, -0.05) is 0 Å². The highest BCUT2D eigenvalue weighted by Crippen LogP contribution is 2.11. The second kappa shape index (κ2) is 6.02. The van der Waals surface area contributed by atoms with Gasteiger partial charge in [-0.3, -0.25) is 4.21 Å². The van der Waals surface area contributed by atoms with Gasteiger partial charge in [-0.05, 0) is 22.4 Å². The van der Waals surface area contributed by atoms with Gasteiger partial charge in [-0.15, -0.1) is 0 Å². The summed E-state index contributed by atoms with van der Waals surface area (Å²) in [4.78, 5) is 8.09. The summed E-state index contributed by atoms with van der Waals surface area (Å²) in [5, 5.41) is 3.02. The zero-order valence-corrected chi connectivity index (χ0v) is 10.8. The molecule has 0 saturated heterocycles. The zero-order chi connectivity index (χ0) is 11.3. The Kier molecular flexibility index (Phi) is 4.97. The molecule has 1 aromatic rings. The lowest BCUT2D eigenvalue weighted by Crippen LogP contribution is -2.09. The molecule has 0 amide bonds. The van der Waals surface area contributed by atoms with E-state index in [-0.39, 0.29) is 0 Å². The number of nitrogens with one attached hydrogen (secondary N) is 1. The highest BCUT2D eigenvalue weighted by atomic mass is 79.9. The molecule has 1 rings (SSSR count). The fourth-order valence-corrected chi connectivity index (χ4v) is 1.94. The molecule has 1 unspecified atom stereocenters. The van der Waals surface area contributed by atoms with E-state index >= 15 is 0 Å². The first-order chi connectivity index (χ1) is 7.08. The highest BCUT2D eigenvalue weighted by molar-refractivity contribution is 9.10. The van der Waals surface area contributed by atoms with Gasteiger partial charge in [0.25, 0.3) is 0 Å². The first kappa shape index (κ1) is 12.4. The minimum Gasteiger partial charge on any atom is -0.383 e. The largest absolute Gasteiger partial charge is 0.383 e. The smallest absolute Gasteiger partial charge is 0.225 e. The fourth-order valence-electron chi connectivity index (χ4n) is 0.990. The first-order valence-corrected chi connectivity index (χ1v) is 6.94. The molecular formula is C8H13BrN4OS. The van der Waals surface area contributed by atoms with Crippen molar-refractivity contribution in [2.75, 3.05) is 29.6 Å². The molecule has 15 heavy (non-hydrogen) atoms. The molecule has 0 aliphatic rings. The molecule has 0 aliphatic heterocycles. The van der Waals surface area contributed by atoms with Crippen LogP contribution in [0.5, 0.6) is 0 Å². The van der Waals surface area contributed by atoms with Gasteiger partial charge < -0.3 is 11.1 Å². The van der Waals surface area contributed by atoms with E-state index in [0.29, 0.717) is 28.7 Å². The van der Waals surface area contributed by atoms with E-state index in [0.717, 1.165) is 6.42 Å². The Bertz CT molecular complexity index is 340. The molecule has 5 nitrogen and oxygen atoms in total. The lowest BCUT2D eigenvalue weighted by molar-refractivity contribution is 0.685. The van der Waals surface area contributed by atoms with E-state index < -0.39 is 10.8 Å². The van der Waals surface area contributed by atoms with Crippen molar-refractivity contribution in [3.63, 3.8) is 0 Å². The van der Waals surface area contributed by atoms with Crippen LogP contribution in [0.2, 0.25) is 0 Å². The Hall–Kier alpha value is -0.690. The maximum atomic E-state index is 10.8. The molecule has 0 saturated carbocycles. The molecule has 7 heteroatoms. The summed E-state index contributed by atoms with van der Waals surface area (Å²) >= 11 is 3.23. The van der Waals surface area contributed by atoms with Gasteiger partial charge in [-0.25, -0.2) is 4.98 Å². The summed E-state index contributed by atoms with van der Waals surface area (Å²) < 4.78 is 11.4. The van der Waals surface area contributed by atoms with Gasteiger partial charge in [0, 0.05) is 35.4 Å². The van der Waals surface area contributed by atoms with E-state index in [1.54, 1.807) is 12.3 Å². The molecular weight excluding hydrogens is 280 g/mol. The summed E-state index contributed by atoms with van der Waals surface area (Å²) in [6.45, 7) is 0.690. The molecule has 1 atom stereocenters. The van der Waals surface area contributed by atoms with Crippen molar-refractivity contribution < 1.29 is 4.21 Å². The molecule has 1 aromatic heterocycles. The second-order valence-corrected chi connectivity index (χ2v) is 5.36. The monoisotopic (exact) mass is 292 g/mol. The number of nitrogens with two attached hydrogens (primary N) is 1. The molecule has 0 fully saturated rings. The van der Waals surface area contributed by atoms with Crippen molar-refractivity contribution in [2.45, 2.75) is 6.42 Å². The molecule has 0 bridgehead atoms. The van der Waals surface area contributed by atoms with E-state index in [1.165, 1.54) is 0 Å². The summed E-state index contributed by atoms with van der Waals surface area (Å²) in [7, 11) is -0.747. The zero-order valence-electron chi connectivity index (χ0n) is 8.36. The van der Waals surface area contributed by atoms with E-state index in [1.807, 2.05) is 0 Å². The maximum Gasteiger partial charge on any atom is 0.225 e. The van der Waals surface area contributed by atoms with E-state index in [2.05, 4.69) is 31.2 Å². The van der Waals surface area contributed by atoms with Crippen LogP contribution in [0.15, 0.2) is 10.7 Å². The Balaban J connectivity index is 2.40. The first-order valence-electron chi connectivity index (χ1n) is 4.42. The summed E-state index contributed by atoms with van der Waals surface area (Å²) in [5.41, 5.74) is 5.54. The lowest BCUT2D eigenvalue weighted by Gasteiger charge is -2.04. The third-order valence-corrected chi connectivity index (χ3v) is 2.88. The minimum atomic E-state index is -0.747. The van der Waals surface area contributed by atoms with Crippen LogP contribution in [0, 0.1) is 0 Å². The minimum absolute atomic E-state index is 0.415. The number of aromatic nitrogens is 2. The normalized spacial score (nSPS) is 12.4. The SMILES string of the molecule is CS(=O)CCCNc1nc(N)cc(Br)n1. The molecule has 84 valence electrons. The molecule has 0 spiro atoms. The van der Waals surface area contributed by atoms with Crippen molar-refractivity contribution in [3.8, 4) is 0 Å². The highest BCUT2D eigenvalue weighted by Gasteiger charge is 1.99. The molecule has 0 aromatic carbocycles. The number of halogens is 1. The van der Waals surface area contributed by atoms with Crippen molar-refractivity contribution in [1.82, 2.24) is 9.97 Å². The van der Waals surface area contributed by atoms with Crippen molar-refractivity contribution >= 4 is 38.5 Å². The summed E-state index contributed by atoms with van der Waals surface area (Å²) in [6.07, 6.45) is 2.51. The third kappa shape index (κ3) is 5.08. The van der Waals surface area contributed by atoms with Gasteiger partial charge in [-0.2, -0.15) is 4.98 Å². The molecule has 1 heterocycles. The van der Waals surface area contributed by atoms with Crippen LogP contribution in [0.1, 0.15) is 6.42 Å². The van der Waals surface area contributed by atoms with Crippen LogP contribution in [-0.4, -0.2) is 32.7 Å². The Morgan fingerprint density at radius 3 is 2.93 bits per heavy atom. The molecule has 3 N–H and O–H groups in total. The number of nitrogens with zero attached hydrogens (tertiary/aromatic N) is 2. The van der Waals surface area contributed by atoms with Gasteiger partial charge in [0.2, 0.25) is 5.95 Å². The van der Waals surface area contributed by atoms with Gasteiger partial charge >= 0.3 is 0 Å². The number of hydrogen-bond donors (Lipinski definition) is 2. The average Bonchev–Trinajstić information content (AvgIpc) is 2.10. The van der Waals surface area contributed by atoms with Crippen LogP contribution in [0.25, 0.3) is 0 Å². The Morgan fingerprint density at radius 2 is 2.33 bits per heavy atom. The Labute approximate surface area is 99.5 Å². The topological polar surface area (TPSA) is 80.9 Å². The predicted octanol–water partition coefficient (Wildman–Crippen LogP) is 1.00. The molecule has 0 aliphatic carbocycles. The van der Waals surface area contributed by atoms with Gasteiger partial charge in [0.15, 0.2) is 0 Å². The predicted molar refractivity (Wildman–Crippen MR) is 66.2 cm³/mol.